The predicted molar refractivity (Wildman–Crippen MR) is 129 cm³/mol. The van der Waals surface area contributed by atoms with Crippen molar-refractivity contribution in [2.45, 2.75) is 26.7 Å². The summed E-state index contributed by atoms with van der Waals surface area (Å²) in [6, 6.07) is 15.1. The molecule has 3 amide bonds. The SMILES string of the molecule is Cc1ccc(C)c(N2N=C(C(=O)N3CCN(C(=O)c4cc5ccccc5o4)CC3)CCC2=O)c1. The second-order valence-electron chi connectivity index (χ2n) is 8.78. The topological polar surface area (TPSA) is 86.4 Å². The Balaban J connectivity index is 1.27. The standard InChI is InChI=1S/C26H26N4O4/c1-17-7-8-18(2)21(15-17)30-24(31)10-9-20(27-30)25(32)28-11-13-29(14-12-28)26(33)23-16-19-5-3-4-6-22(19)34-23/h3-8,15-16H,9-14H2,1-2H3. The van der Waals surface area contributed by atoms with Gasteiger partial charge >= 0.3 is 0 Å². The Morgan fingerprint density at radius 2 is 1.59 bits per heavy atom. The summed E-state index contributed by atoms with van der Waals surface area (Å²) in [4.78, 5) is 42.1. The van der Waals surface area contributed by atoms with Gasteiger partial charge in [0.25, 0.3) is 11.8 Å². The molecule has 2 aliphatic rings. The Morgan fingerprint density at radius 3 is 2.32 bits per heavy atom. The molecule has 0 aliphatic carbocycles. The Hall–Kier alpha value is -3.94. The quantitative estimate of drug-likeness (QED) is 0.601. The minimum atomic E-state index is -0.182. The van der Waals surface area contributed by atoms with Gasteiger partial charge in [0.05, 0.1) is 5.69 Å². The number of fused-ring (bicyclic) bond motifs is 1. The largest absolute Gasteiger partial charge is 0.451 e. The summed E-state index contributed by atoms with van der Waals surface area (Å²) >= 11 is 0. The van der Waals surface area contributed by atoms with Crippen molar-refractivity contribution < 1.29 is 18.8 Å². The number of piperazine rings is 1. The lowest BCUT2D eigenvalue weighted by Crippen LogP contribution is -2.52. The van der Waals surface area contributed by atoms with Crippen molar-refractivity contribution >= 4 is 40.1 Å². The molecular weight excluding hydrogens is 432 g/mol. The third-order valence-electron chi connectivity index (χ3n) is 6.36. The fourth-order valence-corrected chi connectivity index (χ4v) is 4.38. The van der Waals surface area contributed by atoms with Crippen molar-refractivity contribution in [2.75, 3.05) is 31.2 Å². The summed E-state index contributed by atoms with van der Waals surface area (Å²) in [5.41, 5.74) is 3.70. The van der Waals surface area contributed by atoms with E-state index in [4.69, 9.17) is 4.42 Å². The van der Waals surface area contributed by atoms with Crippen molar-refractivity contribution in [3.05, 3.63) is 65.4 Å². The number of aryl methyl sites for hydroxylation is 2. The molecular formula is C26H26N4O4. The van der Waals surface area contributed by atoms with Gasteiger partial charge in [0, 0.05) is 44.4 Å². The maximum atomic E-state index is 13.2. The number of anilines is 1. The maximum Gasteiger partial charge on any atom is 0.289 e. The zero-order chi connectivity index (χ0) is 23.8. The molecule has 2 aromatic carbocycles. The van der Waals surface area contributed by atoms with E-state index in [9.17, 15) is 14.4 Å². The molecule has 0 bridgehead atoms. The lowest BCUT2D eigenvalue weighted by molar-refractivity contribution is -0.125. The van der Waals surface area contributed by atoms with Gasteiger partial charge in [-0.3, -0.25) is 14.4 Å². The number of nitrogens with zero attached hydrogens (tertiary/aromatic N) is 4. The van der Waals surface area contributed by atoms with E-state index in [1.807, 2.05) is 56.3 Å². The molecule has 174 valence electrons. The Bertz CT molecular complexity index is 1280. The smallest absolute Gasteiger partial charge is 0.289 e. The lowest BCUT2D eigenvalue weighted by atomic mass is 10.1. The van der Waals surface area contributed by atoms with Crippen LogP contribution in [0.1, 0.15) is 34.5 Å². The van der Waals surface area contributed by atoms with Gasteiger partial charge in [0.2, 0.25) is 5.91 Å². The predicted octanol–water partition coefficient (Wildman–Crippen LogP) is 3.52. The highest BCUT2D eigenvalue weighted by atomic mass is 16.3. The third-order valence-corrected chi connectivity index (χ3v) is 6.36. The highest BCUT2D eigenvalue weighted by Gasteiger charge is 2.32. The van der Waals surface area contributed by atoms with E-state index in [0.29, 0.717) is 55.3 Å². The van der Waals surface area contributed by atoms with Crippen LogP contribution in [-0.4, -0.2) is 59.4 Å². The van der Waals surface area contributed by atoms with E-state index in [1.165, 1.54) is 5.01 Å². The summed E-state index contributed by atoms with van der Waals surface area (Å²) in [5.74, 6) is -0.171. The van der Waals surface area contributed by atoms with Crippen LogP contribution in [-0.2, 0) is 9.59 Å². The first-order valence-corrected chi connectivity index (χ1v) is 11.5. The molecule has 2 aliphatic heterocycles. The third kappa shape index (κ3) is 4.07. The maximum absolute atomic E-state index is 13.2. The van der Waals surface area contributed by atoms with Gasteiger partial charge in [-0.1, -0.05) is 30.3 Å². The Morgan fingerprint density at radius 1 is 0.882 bits per heavy atom. The number of hydrogen-bond donors (Lipinski definition) is 0. The van der Waals surface area contributed by atoms with Gasteiger partial charge in [-0.15, -0.1) is 0 Å². The van der Waals surface area contributed by atoms with E-state index in [-0.39, 0.29) is 24.1 Å². The molecule has 1 fully saturated rings. The van der Waals surface area contributed by atoms with E-state index < -0.39 is 0 Å². The Kier molecular flexibility index (Phi) is 5.65. The average Bonchev–Trinajstić information content (AvgIpc) is 3.29. The van der Waals surface area contributed by atoms with Gasteiger partial charge in [0.15, 0.2) is 5.76 Å². The first-order valence-electron chi connectivity index (χ1n) is 11.5. The zero-order valence-corrected chi connectivity index (χ0v) is 19.3. The van der Waals surface area contributed by atoms with Gasteiger partial charge in [0.1, 0.15) is 11.3 Å². The van der Waals surface area contributed by atoms with Gasteiger partial charge in [-0.25, -0.2) is 5.01 Å². The molecule has 1 saturated heterocycles. The van der Waals surface area contributed by atoms with Crippen LogP contribution in [0.5, 0.6) is 0 Å². The monoisotopic (exact) mass is 458 g/mol. The van der Waals surface area contributed by atoms with E-state index in [2.05, 4.69) is 5.10 Å². The number of hydrogen-bond acceptors (Lipinski definition) is 5. The minimum Gasteiger partial charge on any atom is -0.451 e. The molecule has 8 heteroatoms. The fourth-order valence-electron chi connectivity index (χ4n) is 4.38. The summed E-state index contributed by atoms with van der Waals surface area (Å²) in [5, 5.41) is 6.70. The fraction of sp³-hybridized carbons (Fsp3) is 0.308. The van der Waals surface area contributed by atoms with Crippen molar-refractivity contribution in [1.29, 1.82) is 0 Å². The second-order valence-corrected chi connectivity index (χ2v) is 8.78. The number of hydrazone groups is 1. The molecule has 5 rings (SSSR count). The number of rotatable bonds is 3. The number of carbonyl (C=O) groups is 3. The van der Waals surface area contributed by atoms with Crippen LogP contribution in [0.25, 0.3) is 11.0 Å². The summed E-state index contributed by atoms with van der Waals surface area (Å²) in [7, 11) is 0. The van der Waals surface area contributed by atoms with Crippen molar-refractivity contribution in [3.63, 3.8) is 0 Å². The number of furan rings is 1. The Labute approximate surface area is 197 Å². The van der Waals surface area contributed by atoms with Crippen LogP contribution in [0.2, 0.25) is 0 Å². The highest BCUT2D eigenvalue weighted by molar-refractivity contribution is 6.40. The van der Waals surface area contributed by atoms with Crippen molar-refractivity contribution in [2.24, 2.45) is 5.10 Å². The summed E-state index contributed by atoms with van der Waals surface area (Å²) in [6.07, 6.45) is 0.555. The summed E-state index contributed by atoms with van der Waals surface area (Å²) in [6.45, 7) is 5.51. The molecule has 0 unspecified atom stereocenters. The lowest BCUT2D eigenvalue weighted by Gasteiger charge is -2.35. The highest BCUT2D eigenvalue weighted by Crippen LogP contribution is 2.26. The molecule has 1 aromatic heterocycles. The summed E-state index contributed by atoms with van der Waals surface area (Å²) < 4.78 is 5.71. The molecule has 34 heavy (non-hydrogen) atoms. The molecule has 0 N–H and O–H groups in total. The normalized spacial score (nSPS) is 16.7. The van der Waals surface area contributed by atoms with Crippen molar-refractivity contribution in [1.82, 2.24) is 9.80 Å². The van der Waals surface area contributed by atoms with E-state index in [0.717, 1.165) is 16.5 Å². The van der Waals surface area contributed by atoms with Crippen molar-refractivity contribution in [3.8, 4) is 0 Å². The molecule has 0 atom stereocenters. The molecule has 3 heterocycles. The zero-order valence-electron chi connectivity index (χ0n) is 19.3. The molecule has 0 saturated carbocycles. The van der Waals surface area contributed by atoms with Crippen LogP contribution in [0, 0.1) is 13.8 Å². The van der Waals surface area contributed by atoms with Gasteiger partial charge in [-0.05, 0) is 43.2 Å². The first-order chi connectivity index (χ1) is 16.4. The molecule has 8 nitrogen and oxygen atoms in total. The number of amides is 3. The van der Waals surface area contributed by atoms with Crippen LogP contribution in [0.4, 0.5) is 5.69 Å². The molecule has 3 aromatic rings. The average molecular weight is 459 g/mol. The van der Waals surface area contributed by atoms with Crippen LogP contribution in [0.3, 0.4) is 0 Å². The molecule has 0 radical (unpaired) electrons. The molecule has 0 spiro atoms. The van der Waals surface area contributed by atoms with Crippen LogP contribution in [0.15, 0.2) is 58.0 Å². The number of para-hydroxylation sites is 1. The van der Waals surface area contributed by atoms with Crippen LogP contribution >= 0.6 is 0 Å². The van der Waals surface area contributed by atoms with Crippen LogP contribution < -0.4 is 5.01 Å². The van der Waals surface area contributed by atoms with Gasteiger partial charge < -0.3 is 14.2 Å². The number of benzene rings is 2. The van der Waals surface area contributed by atoms with Gasteiger partial charge in [-0.2, -0.15) is 5.10 Å². The van der Waals surface area contributed by atoms with E-state index in [1.54, 1.807) is 15.9 Å². The number of carbonyl (C=O) groups excluding carboxylic acids is 3. The minimum absolute atomic E-state index is 0.119. The second kappa shape index (κ2) is 8.78. The van der Waals surface area contributed by atoms with E-state index >= 15 is 0 Å². The first kappa shape index (κ1) is 21.9.